The van der Waals surface area contributed by atoms with Crippen molar-refractivity contribution >= 4 is 35.0 Å². The molecule has 1 N–H and O–H groups in total. The van der Waals surface area contributed by atoms with Crippen LogP contribution >= 0.6 is 23.4 Å². The number of nitrogens with one attached hydrogen (secondary N) is 1. The summed E-state index contributed by atoms with van der Waals surface area (Å²) in [5.74, 6) is -0.104. The second-order valence-electron chi connectivity index (χ2n) is 5.72. The zero-order valence-electron chi connectivity index (χ0n) is 13.9. The molecule has 1 atom stereocenters. The van der Waals surface area contributed by atoms with Crippen LogP contribution < -0.4 is 5.32 Å². The van der Waals surface area contributed by atoms with Gasteiger partial charge in [-0.25, -0.2) is 0 Å². The molecule has 1 unspecified atom stereocenters. The number of halogens is 1. The summed E-state index contributed by atoms with van der Waals surface area (Å²) in [4.78, 5) is 14.6. The van der Waals surface area contributed by atoms with Gasteiger partial charge in [0.15, 0.2) is 0 Å². The van der Waals surface area contributed by atoms with Gasteiger partial charge >= 0.3 is 0 Å². The average molecular weight is 372 g/mol. The molecule has 0 saturated carbocycles. The lowest BCUT2D eigenvalue weighted by Gasteiger charge is -2.15. The van der Waals surface area contributed by atoms with Gasteiger partial charge in [0.05, 0.1) is 11.9 Å². The van der Waals surface area contributed by atoms with E-state index in [1.165, 1.54) is 0 Å². The number of benzene rings is 2. The second kappa shape index (κ2) is 7.76. The molecule has 1 heterocycles. The average Bonchev–Trinajstić information content (AvgIpc) is 3.04. The number of carbonyl (C=O) groups excluding carboxylic acids is 1. The lowest BCUT2D eigenvalue weighted by atomic mass is 10.2. The Labute approximate surface area is 156 Å². The van der Waals surface area contributed by atoms with Gasteiger partial charge in [-0.1, -0.05) is 35.5 Å². The van der Waals surface area contributed by atoms with Gasteiger partial charge in [0, 0.05) is 21.0 Å². The molecule has 0 bridgehead atoms. The Morgan fingerprint density at radius 2 is 1.92 bits per heavy atom. The molecular weight excluding hydrogens is 354 g/mol. The highest BCUT2D eigenvalue weighted by Gasteiger charge is 2.17. The van der Waals surface area contributed by atoms with Crippen molar-refractivity contribution in [1.82, 2.24) is 9.78 Å². The molecule has 1 aromatic heterocycles. The molecule has 6 heteroatoms. The van der Waals surface area contributed by atoms with Crippen LogP contribution in [0.3, 0.4) is 0 Å². The molecule has 2 aromatic carbocycles. The minimum absolute atomic E-state index is 0.104. The molecule has 0 fully saturated rings. The zero-order chi connectivity index (χ0) is 17.8. The third-order valence-electron chi connectivity index (χ3n) is 3.69. The summed E-state index contributed by atoms with van der Waals surface area (Å²) in [6, 6.07) is 15.0. The summed E-state index contributed by atoms with van der Waals surface area (Å²) >= 11 is 7.52. The van der Waals surface area contributed by atoms with Gasteiger partial charge in [-0.15, -0.1) is 0 Å². The third kappa shape index (κ3) is 4.44. The van der Waals surface area contributed by atoms with Crippen LogP contribution in [-0.2, 0) is 4.79 Å². The molecule has 0 aliphatic rings. The Kier molecular flexibility index (Phi) is 5.46. The summed E-state index contributed by atoms with van der Waals surface area (Å²) in [5.41, 5.74) is 1.81. The molecule has 0 aliphatic carbocycles. The highest BCUT2D eigenvalue weighted by Crippen LogP contribution is 2.34. The first-order valence-corrected chi connectivity index (χ1v) is 9.06. The number of rotatable bonds is 5. The fourth-order valence-electron chi connectivity index (χ4n) is 2.29. The van der Waals surface area contributed by atoms with E-state index in [-0.39, 0.29) is 11.9 Å². The highest BCUT2D eigenvalue weighted by molar-refractivity contribution is 7.99. The lowest BCUT2D eigenvalue weighted by Crippen LogP contribution is -2.24. The summed E-state index contributed by atoms with van der Waals surface area (Å²) in [6.07, 6.45) is 3.60. The second-order valence-corrected chi connectivity index (χ2v) is 7.27. The van der Waals surface area contributed by atoms with Gasteiger partial charge in [0.25, 0.3) is 0 Å². The number of aromatic nitrogens is 2. The van der Waals surface area contributed by atoms with Crippen molar-refractivity contribution < 1.29 is 4.79 Å². The van der Waals surface area contributed by atoms with Crippen LogP contribution in [0.5, 0.6) is 0 Å². The smallest absolute Gasteiger partial charge is 0.248 e. The topological polar surface area (TPSA) is 46.9 Å². The van der Waals surface area contributed by atoms with E-state index in [1.54, 1.807) is 22.6 Å². The number of nitrogens with zero attached hydrogens (tertiary/aromatic N) is 2. The lowest BCUT2D eigenvalue weighted by molar-refractivity contribution is -0.119. The Bertz CT molecular complexity index is 876. The summed E-state index contributed by atoms with van der Waals surface area (Å²) in [6.45, 7) is 3.78. The number of aryl methyl sites for hydroxylation is 1. The summed E-state index contributed by atoms with van der Waals surface area (Å²) in [7, 11) is 0. The fourth-order valence-corrected chi connectivity index (χ4v) is 3.32. The molecule has 0 aliphatic heterocycles. The van der Waals surface area contributed by atoms with E-state index in [0.29, 0.717) is 5.02 Å². The van der Waals surface area contributed by atoms with Crippen molar-refractivity contribution in [2.24, 2.45) is 0 Å². The molecule has 3 aromatic rings. The Balaban J connectivity index is 1.76. The van der Waals surface area contributed by atoms with E-state index in [0.717, 1.165) is 21.0 Å². The SMILES string of the molecule is Cc1cnn(C(C)C(=O)Nc2ccccc2Sc2ccc(Cl)cc2)c1. The van der Waals surface area contributed by atoms with Crippen LogP contribution in [0.25, 0.3) is 0 Å². The number of carbonyl (C=O) groups is 1. The first-order valence-electron chi connectivity index (χ1n) is 7.87. The van der Waals surface area contributed by atoms with E-state index >= 15 is 0 Å². The Morgan fingerprint density at radius 3 is 2.60 bits per heavy atom. The van der Waals surface area contributed by atoms with Crippen LogP contribution in [0.1, 0.15) is 18.5 Å². The number of hydrogen-bond donors (Lipinski definition) is 1. The van der Waals surface area contributed by atoms with Crippen molar-refractivity contribution in [1.29, 1.82) is 0 Å². The quantitative estimate of drug-likeness (QED) is 0.670. The van der Waals surface area contributed by atoms with Crippen LogP contribution in [0, 0.1) is 6.92 Å². The van der Waals surface area contributed by atoms with Gasteiger partial charge < -0.3 is 5.32 Å². The fraction of sp³-hybridized carbons (Fsp3) is 0.158. The standard InChI is InChI=1S/C19H18ClN3OS/c1-13-11-21-23(12-13)14(2)19(24)22-17-5-3-4-6-18(17)25-16-9-7-15(20)8-10-16/h3-12,14H,1-2H3,(H,22,24). The molecule has 0 spiro atoms. The summed E-state index contributed by atoms with van der Waals surface area (Å²) < 4.78 is 1.67. The molecule has 0 saturated heterocycles. The van der Waals surface area contributed by atoms with Crippen LogP contribution in [0.2, 0.25) is 5.02 Å². The van der Waals surface area contributed by atoms with Crippen molar-refractivity contribution in [3.8, 4) is 0 Å². The van der Waals surface area contributed by atoms with Crippen LogP contribution in [0.15, 0.2) is 70.7 Å². The highest BCUT2D eigenvalue weighted by atomic mass is 35.5. The van der Waals surface area contributed by atoms with Crippen LogP contribution in [0.4, 0.5) is 5.69 Å². The minimum atomic E-state index is -0.387. The minimum Gasteiger partial charge on any atom is -0.323 e. The number of amides is 1. The van der Waals surface area contributed by atoms with Gasteiger partial charge in [-0.3, -0.25) is 9.48 Å². The van der Waals surface area contributed by atoms with Gasteiger partial charge in [0.1, 0.15) is 6.04 Å². The maximum Gasteiger partial charge on any atom is 0.248 e. The molecule has 1 amide bonds. The Hall–Kier alpha value is -2.24. The first kappa shape index (κ1) is 17.6. The zero-order valence-corrected chi connectivity index (χ0v) is 15.5. The normalized spacial score (nSPS) is 12.0. The van der Waals surface area contributed by atoms with Gasteiger partial charge in [-0.2, -0.15) is 5.10 Å². The van der Waals surface area contributed by atoms with E-state index in [9.17, 15) is 4.79 Å². The number of hydrogen-bond acceptors (Lipinski definition) is 3. The first-order chi connectivity index (χ1) is 12.0. The van der Waals surface area contributed by atoms with E-state index < -0.39 is 0 Å². The predicted molar refractivity (Wildman–Crippen MR) is 102 cm³/mol. The monoisotopic (exact) mass is 371 g/mol. The maximum atomic E-state index is 12.6. The van der Waals surface area contributed by atoms with E-state index in [1.807, 2.05) is 68.6 Å². The van der Waals surface area contributed by atoms with Gasteiger partial charge in [0.2, 0.25) is 5.91 Å². The molecule has 3 rings (SSSR count). The van der Waals surface area contributed by atoms with Crippen molar-refractivity contribution in [2.75, 3.05) is 5.32 Å². The maximum absolute atomic E-state index is 12.6. The number of anilines is 1. The summed E-state index contributed by atoms with van der Waals surface area (Å²) in [5, 5.41) is 7.92. The molecule has 25 heavy (non-hydrogen) atoms. The molecule has 4 nitrogen and oxygen atoms in total. The number of para-hydroxylation sites is 1. The van der Waals surface area contributed by atoms with Gasteiger partial charge in [-0.05, 0) is 55.8 Å². The predicted octanol–water partition coefficient (Wildman–Crippen LogP) is 5.20. The van der Waals surface area contributed by atoms with Crippen LogP contribution in [-0.4, -0.2) is 15.7 Å². The van der Waals surface area contributed by atoms with Crippen molar-refractivity contribution in [2.45, 2.75) is 29.7 Å². The third-order valence-corrected chi connectivity index (χ3v) is 5.03. The largest absolute Gasteiger partial charge is 0.323 e. The van der Waals surface area contributed by atoms with E-state index in [4.69, 9.17) is 11.6 Å². The Morgan fingerprint density at radius 1 is 1.20 bits per heavy atom. The molecular formula is C19H18ClN3OS. The van der Waals surface area contributed by atoms with E-state index in [2.05, 4.69) is 10.4 Å². The molecule has 128 valence electrons. The van der Waals surface area contributed by atoms with Crippen molar-refractivity contribution in [3.63, 3.8) is 0 Å². The molecule has 0 radical (unpaired) electrons. The van der Waals surface area contributed by atoms with Crippen molar-refractivity contribution in [3.05, 3.63) is 71.5 Å².